The van der Waals surface area contributed by atoms with Crippen molar-refractivity contribution in [2.45, 2.75) is 95.3 Å². The Hall–Kier alpha value is -3.54. The molecule has 12 heteroatoms. The number of aromatic nitrogens is 2. The molecule has 0 atom stereocenters. The van der Waals surface area contributed by atoms with E-state index in [2.05, 4.69) is 53.6 Å². The van der Waals surface area contributed by atoms with Crippen LogP contribution < -0.4 is 30.5 Å². The normalized spacial score (nSPS) is 22.0. The van der Waals surface area contributed by atoms with Crippen molar-refractivity contribution < 1.29 is 23.1 Å². The fraction of sp³-hybridized carbons (Fsp3) is 0.600. The number of fused-ring (bicyclic) bond motifs is 1. The van der Waals surface area contributed by atoms with Crippen LogP contribution in [0.15, 0.2) is 24.4 Å². The van der Waals surface area contributed by atoms with Gasteiger partial charge in [0.2, 0.25) is 5.95 Å². The Bertz CT molecular complexity index is 1340. The number of ether oxygens (including phenoxy) is 1. The van der Waals surface area contributed by atoms with Crippen LogP contribution in [0.2, 0.25) is 0 Å². The van der Waals surface area contributed by atoms with Crippen molar-refractivity contribution in [1.29, 1.82) is 0 Å². The quantitative estimate of drug-likeness (QED) is 0.450. The fourth-order valence-electron chi connectivity index (χ4n) is 6.85. The average Bonchev–Trinajstić information content (AvgIpc) is 3.42. The van der Waals surface area contributed by atoms with Crippen LogP contribution in [-0.2, 0) is 4.79 Å². The first-order chi connectivity index (χ1) is 19.7. The molecule has 1 aromatic heterocycles. The van der Waals surface area contributed by atoms with E-state index in [0.29, 0.717) is 17.0 Å². The molecule has 2 aromatic rings. The molecule has 2 aliphatic heterocycles. The number of nitrogens with one attached hydrogen (secondary N) is 3. The van der Waals surface area contributed by atoms with Crippen LogP contribution in [0.4, 0.5) is 31.9 Å². The Morgan fingerprint density at radius 3 is 2.43 bits per heavy atom. The lowest BCUT2D eigenvalue weighted by Crippen LogP contribution is -2.62. The van der Waals surface area contributed by atoms with E-state index >= 15 is 0 Å². The molecule has 1 saturated heterocycles. The van der Waals surface area contributed by atoms with Crippen LogP contribution in [0.3, 0.4) is 0 Å². The van der Waals surface area contributed by atoms with Crippen molar-refractivity contribution in [1.82, 2.24) is 20.6 Å². The molecule has 3 N–H and O–H groups in total. The van der Waals surface area contributed by atoms with E-state index in [9.17, 15) is 18.4 Å². The van der Waals surface area contributed by atoms with Crippen LogP contribution in [0.25, 0.3) is 0 Å². The lowest BCUT2D eigenvalue weighted by Gasteiger charge is -2.46. The van der Waals surface area contributed by atoms with Gasteiger partial charge in [0.05, 0.1) is 25.5 Å². The summed E-state index contributed by atoms with van der Waals surface area (Å²) in [5.41, 5.74) is 0.977. The average molecular weight is 586 g/mol. The zero-order chi connectivity index (χ0) is 30.4. The number of hydrogen-bond acceptors (Lipinski definition) is 8. The van der Waals surface area contributed by atoms with Crippen LogP contribution >= 0.6 is 0 Å². The monoisotopic (exact) mass is 585 g/mol. The minimum atomic E-state index is -3.55. The molecule has 2 amide bonds. The second kappa shape index (κ2) is 10.9. The van der Waals surface area contributed by atoms with Gasteiger partial charge >= 0.3 is 5.92 Å². The molecular formula is C30H41F2N7O3. The van der Waals surface area contributed by atoms with Crippen molar-refractivity contribution >= 4 is 35.0 Å². The first kappa shape index (κ1) is 29.9. The van der Waals surface area contributed by atoms with Crippen molar-refractivity contribution in [2.24, 2.45) is 0 Å². The number of anilines is 4. The standard InChI is InChI=1S/C30H41F2N7O3/c1-28(2)14-19(15-29(3,4)37-28)34-25(40)18-11-12-21(23(13-18)42-6)35-27-33-16-22-24(36-27)39(20-9-7-8-10-20)17-30(31,32)26(41)38(22)5/h11-13,16,19-20,37H,7-10,14-15,17H2,1-6H3,(H,34,40)(H,33,35,36). The third-order valence-electron chi connectivity index (χ3n) is 8.37. The molecular weight excluding hydrogens is 544 g/mol. The molecule has 3 heterocycles. The highest BCUT2D eigenvalue weighted by atomic mass is 19.3. The van der Waals surface area contributed by atoms with Crippen LogP contribution in [0.5, 0.6) is 5.75 Å². The number of benzene rings is 1. The SMILES string of the molecule is COc1cc(C(=O)NC2CC(C)(C)NC(C)(C)C2)ccc1Nc1ncc2c(n1)N(C1CCCC1)CC(F)(F)C(=O)N2C. The van der Waals surface area contributed by atoms with E-state index in [1.165, 1.54) is 20.4 Å². The number of halogens is 2. The highest BCUT2D eigenvalue weighted by Gasteiger charge is 2.49. The van der Waals surface area contributed by atoms with Crippen molar-refractivity contribution in [3.8, 4) is 5.75 Å². The molecule has 5 rings (SSSR count). The van der Waals surface area contributed by atoms with E-state index < -0.39 is 18.4 Å². The summed E-state index contributed by atoms with van der Waals surface area (Å²) in [6, 6.07) is 4.92. The maximum Gasteiger partial charge on any atom is 0.342 e. The van der Waals surface area contributed by atoms with E-state index in [-0.39, 0.29) is 46.5 Å². The van der Waals surface area contributed by atoms with Gasteiger partial charge in [0.25, 0.3) is 11.8 Å². The first-order valence-electron chi connectivity index (χ1n) is 14.5. The van der Waals surface area contributed by atoms with Gasteiger partial charge in [-0.25, -0.2) is 4.98 Å². The maximum absolute atomic E-state index is 14.9. The summed E-state index contributed by atoms with van der Waals surface area (Å²) in [5.74, 6) is -4.17. The Morgan fingerprint density at radius 2 is 1.79 bits per heavy atom. The summed E-state index contributed by atoms with van der Waals surface area (Å²) < 4.78 is 35.4. The number of piperidine rings is 1. The van der Waals surface area contributed by atoms with E-state index in [1.807, 2.05) is 0 Å². The number of alkyl halides is 2. The molecule has 10 nitrogen and oxygen atoms in total. The Morgan fingerprint density at radius 1 is 1.12 bits per heavy atom. The van der Waals surface area contributed by atoms with Gasteiger partial charge in [0.15, 0.2) is 5.82 Å². The second-order valence-corrected chi connectivity index (χ2v) is 13.0. The summed E-state index contributed by atoms with van der Waals surface area (Å²) in [5, 5.41) is 9.91. The maximum atomic E-state index is 14.9. The molecule has 0 spiro atoms. The number of amides is 2. The Labute approximate surface area is 245 Å². The summed E-state index contributed by atoms with van der Waals surface area (Å²) in [4.78, 5) is 37.2. The number of rotatable bonds is 6. The Kier molecular flexibility index (Phi) is 7.80. The molecule has 1 aromatic carbocycles. The smallest absolute Gasteiger partial charge is 0.342 e. The highest BCUT2D eigenvalue weighted by Crippen LogP contribution is 2.40. The zero-order valence-electron chi connectivity index (χ0n) is 25.2. The molecule has 1 aliphatic carbocycles. The minimum absolute atomic E-state index is 0.0146. The lowest BCUT2D eigenvalue weighted by molar-refractivity contribution is -0.140. The molecule has 42 heavy (non-hydrogen) atoms. The molecule has 2 fully saturated rings. The largest absolute Gasteiger partial charge is 0.495 e. The van der Waals surface area contributed by atoms with Gasteiger partial charge < -0.3 is 30.5 Å². The molecule has 1 saturated carbocycles. The highest BCUT2D eigenvalue weighted by molar-refractivity contribution is 6.02. The van der Waals surface area contributed by atoms with Gasteiger partial charge in [0.1, 0.15) is 11.4 Å². The van der Waals surface area contributed by atoms with Gasteiger partial charge in [-0.2, -0.15) is 13.8 Å². The van der Waals surface area contributed by atoms with Gasteiger partial charge in [-0.15, -0.1) is 0 Å². The van der Waals surface area contributed by atoms with Gasteiger partial charge in [-0.05, 0) is 71.6 Å². The van der Waals surface area contributed by atoms with Crippen LogP contribution in [0.1, 0.15) is 76.6 Å². The van der Waals surface area contributed by atoms with Gasteiger partial charge in [-0.3, -0.25) is 9.59 Å². The van der Waals surface area contributed by atoms with Crippen LogP contribution in [0, 0.1) is 0 Å². The van der Waals surface area contributed by atoms with Gasteiger partial charge in [-0.1, -0.05) is 12.8 Å². The topological polar surface area (TPSA) is 112 Å². The predicted molar refractivity (Wildman–Crippen MR) is 158 cm³/mol. The summed E-state index contributed by atoms with van der Waals surface area (Å²) in [7, 11) is 2.82. The number of hydrogen-bond donors (Lipinski definition) is 3. The minimum Gasteiger partial charge on any atom is -0.495 e. The first-order valence-corrected chi connectivity index (χ1v) is 14.5. The number of methoxy groups -OCH3 is 1. The Balaban J connectivity index is 1.38. The summed E-state index contributed by atoms with van der Waals surface area (Å²) in [6.45, 7) is 7.80. The number of carbonyl (C=O) groups is 2. The van der Waals surface area contributed by atoms with Crippen molar-refractivity contribution in [3.05, 3.63) is 30.0 Å². The molecule has 3 aliphatic rings. The fourth-order valence-corrected chi connectivity index (χ4v) is 6.85. The van der Waals surface area contributed by atoms with Crippen molar-refractivity contribution in [3.63, 3.8) is 0 Å². The van der Waals surface area contributed by atoms with Gasteiger partial charge in [0, 0.05) is 35.8 Å². The number of carbonyl (C=O) groups excluding carboxylic acids is 2. The third-order valence-corrected chi connectivity index (χ3v) is 8.37. The molecule has 0 radical (unpaired) electrons. The summed E-state index contributed by atoms with van der Waals surface area (Å²) in [6.07, 6.45) is 6.38. The second-order valence-electron chi connectivity index (χ2n) is 13.0. The van der Waals surface area contributed by atoms with Crippen LogP contribution in [-0.4, -0.2) is 71.6 Å². The predicted octanol–water partition coefficient (Wildman–Crippen LogP) is 4.63. The molecule has 0 bridgehead atoms. The van der Waals surface area contributed by atoms with E-state index in [1.54, 1.807) is 23.1 Å². The van der Waals surface area contributed by atoms with E-state index in [0.717, 1.165) is 43.4 Å². The zero-order valence-corrected chi connectivity index (χ0v) is 25.2. The molecule has 0 unspecified atom stereocenters. The summed E-state index contributed by atoms with van der Waals surface area (Å²) >= 11 is 0. The lowest BCUT2D eigenvalue weighted by atomic mass is 9.79. The number of nitrogens with zero attached hydrogens (tertiary/aromatic N) is 4. The molecule has 228 valence electrons. The van der Waals surface area contributed by atoms with E-state index in [4.69, 9.17) is 4.74 Å². The third kappa shape index (κ3) is 6.13. The van der Waals surface area contributed by atoms with Crippen molar-refractivity contribution in [2.75, 3.05) is 35.8 Å².